The van der Waals surface area contributed by atoms with Crippen LogP contribution in [0.1, 0.15) is 20.8 Å². The molecule has 2 aromatic rings. The fourth-order valence-corrected chi connectivity index (χ4v) is 3.07. The Morgan fingerprint density at radius 3 is 2.76 bits per heavy atom. The molecule has 0 aliphatic carbocycles. The van der Waals surface area contributed by atoms with Crippen molar-refractivity contribution in [1.29, 1.82) is 0 Å². The molecule has 0 aliphatic rings. The first kappa shape index (κ1) is 12.7. The summed E-state index contributed by atoms with van der Waals surface area (Å²) >= 11 is 10.2. The molecule has 2 rings (SSSR count). The lowest BCUT2D eigenvalue weighted by atomic mass is 10.1. The Hall–Kier alpha value is -0.710. The third kappa shape index (κ3) is 2.44. The molecule has 0 spiro atoms. The van der Waals surface area contributed by atoms with Gasteiger partial charge in [-0.15, -0.1) is 11.3 Å². The molecule has 0 fully saturated rings. The number of ketones is 1. The van der Waals surface area contributed by atoms with Crippen LogP contribution in [0, 0.1) is 12.7 Å². The van der Waals surface area contributed by atoms with Gasteiger partial charge in [-0.25, -0.2) is 4.39 Å². The van der Waals surface area contributed by atoms with Gasteiger partial charge in [0.1, 0.15) is 10.2 Å². The normalized spacial score (nSPS) is 10.6. The van der Waals surface area contributed by atoms with Crippen LogP contribution in [0.15, 0.2) is 28.7 Å². The van der Waals surface area contributed by atoms with Crippen LogP contribution in [0.3, 0.4) is 0 Å². The Bertz CT molecular complexity index is 575. The monoisotopic (exact) mass is 332 g/mol. The van der Waals surface area contributed by atoms with Gasteiger partial charge in [-0.1, -0.05) is 23.7 Å². The van der Waals surface area contributed by atoms with Crippen molar-refractivity contribution in [2.45, 2.75) is 6.92 Å². The molecule has 1 aromatic heterocycles. The van der Waals surface area contributed by atoms with Crippen molar-refractivity contribution in [3.05, 3.63) is 54.9 Å². The molecular weight excluding hydrogens is 327 g/mol. The van der Waals surface area contributed by atoms with Crippen LogP contribution in [-0.4, -0.2) is 5.78 Å². The maximum Gasteiger partial charge on any atom is 0.205 e. The highest BCUT2D eigenvalue weighted by molar-refractivity contribution is 9.10. The van der Waals surface area contributed by atoms with E-state index >= 15 is 0 Å². The maximum absolute atomic E-state index is 13.8. The average molecular weight is 334 g/mol. The predicted octanol–water partition coefficient (Wildman–Crippen LogP) is 4.84. The Morgan fingerprint density at radius 1 is 1.47 bits per heavy atom. The largest absolute Gasteiger partial charge is 0.288 e. The zero-order valence-corrected chi connectivity index (χ0v) is 11.9. The van der Waals surface area contributed by atoms with E-state index in [0.717, 1.165) is 11.3 Å². The zero-order valence-electron chi connectivity index (χ0n) is 8.76. The number of aryl methyl sites for hydroxylation is 1. The van der Waals surface area contributed by atoms with Crippen LogP contribution < -0.4 is 0 Å². The topological polar surface area (TPSA) is 17.1 Å². The number of carbonyl (C=O) groups is 1. The van der Waals surface area contributed by atoms with Gasteiger partial charge in [0.2, 0.25) is 5.78 Å². The summed E-state index contributed by atoms with van der Waals surface area (Å²) in [5, 5.41) is 0. The number of benzene rings is 1. The summed E-state index contributed by atoms with van der Waals surface area (Å²) in [4.78, 5) is 12.5. The van der Waals surface area contributed by atoms with Crippen LogP contribution in [0.4, 0.5) is 4.39 Å². The van der Waals surface area contributed by atoms with Crippen molar-refractivity contribution in [2.75, 3.05) is 0 Å². The van der Waals surface area contributed by atoms with Crippen molar-refractivity contribution in [3.63, 3.8) is 0 Å². The lowest BCUT2D eigenvalue weighted by Gasteiger charge is -2.02. The molecule has 0 aliphatic heterocycles. The molecule has 5 heteroatoms. The lowest BCUT2D eigenvalue weighted by molar-refractivity contribution is 0.103. The van der Waals surface area contributed by atoms with Crippen LogP contribution in [0.25, 0.3) is 0 Å². The Kier molecular flexibility index (Phi) is 3.66. The molecule has 0 atom stereocenters. The van der Waals surface area contributed by atoms with Gasteiger partial charge in [-0.3, -0.25) is 4.79 Å². The van der Waals surface area contributed by atoms with Crippen molar-refractivity contribution >= 4 is 44.7 Å². The quantitative estimate of drug-likeness (QED) is 0.719. The standard InChI is InChI=1S/C12H7BrClFOS/c1-6-3-2-4-7(10(6)15)11(16)9-5-8(13)12(14)17-9/h2-5H,1H3. The van der Waals surface area contributed by atoms with Crippen LogP contribution in [0.2, 0.25) is 4.34 Å². The van der Waals surface area contributed by atoms with Gasteiger partial charge in [-0.05, 0) is 40.5 Å². The Labute approximate surface area is 115 Å². The molecule has 17 heavy (non-hydrogen) atoms. The van der Waals surface area contributed by atoms with Gasteiger partial charge in [0.15, 0.2) is 0 Å². The molecule has 0 bridgehead atoms. The van der Waals surface area contributed by atoms with E-state index in [9.17, 15) is 9.18 Å². The summed E-state index contributed by atoms with van der Waals surface area (Å²) in [5.41, 5.74) is 0.535. The van der Waals surface area contributed by atoms with Crippen LogP contribution in [0.5, 0.6) is 0 Å². The summed E-state index contributed by atoms with van der Waals surface area (Å²) in [6.07, 6.45) is 0. The summed E-state index contributed by atoms with van der Waals surface area (Å²) < 4.78 is 14.9. The molecule has 0 saturated carbocycles. The number of hydrogen-bond donors (Lipinski definition) is 0. The fourth-order valence-electron chi connectivity index (χ4n) is 1.41. The van der Waals surface area contributed by atoms with E-state index in [1.165, 1.54) is 6.07 Å². The highest BCUT2D eigenvalue weighted by Gasteiger charge is 2.18. The summed E-state index contributed by atoms with van der Waals surface area (Å²) in [6, 6.07) is 6.38. The minimum atomic E-state index is -0.474. The van der Waals surface area contributed by atoms with E-state index in [4.69, 9.17) is 11.6 Å². The molecule has 1 nitrogen and oxygen atoms in total. The second-order valence-electron chi connectivity index (χ2n) is 3.50. The van der Waals surface area contributed by atoms with Gasteiger partial charge in [0, 0.05) is 4.47 Å². The molecule has 0 unspecified atom stereocenters. The highest BCUT2D eigenvalue weighted by Crippen LogP contribution is 2.33. The molecule has 0 amide bonds. The van der Waals surface area contributed by atoms with Gasteiger partial charge in [0.25, 0.3) is 0 Å². The highest BCUT2D eigenvalue weighted by atomic mass is 79.9. The second kappa shape index (κ2) is 4.88. The number of carbonyl (C=O) groups excluding carboxylic acids is 1. The Balaban J connectivity index is 2.47. The number of hydrogen-bond acceptors (Lipinski definition) is 2. The second-order valence-corrected chi connectivity index (χ2v) is 6.01. The number of rotatable bonds is 2. The minimum Gasteiger partial charge on any atom is -0.288 e. The van der Waals surface area contributed by atoms with E-state index in [1.54, 1.807) is 25.1 Å². The molecule has 0 N–H and O–H groups in total. The molecule has 88 valence electrons. The van der Waals surface area contributed by atoms with E-state index in [-0.39, 0.29) is 11.3 Å². The summed E-state index contributed by atoms with van der Waals surface area (Å²) in [7, 11) is 0. The number of thiophene rings is 1. The van der Waals surface area contributed by atoms with Crippen LogP contribution >= 0.6 is 38.9 Å². The fraction of sp³-hybridized carbons (Fsp3) is 0.0833. The average Bonchev–Trinajstić information content (AvgIpc) is 2.62. The van der Waals surface area contributed by atoms with Gasteiger partial charge in [-0.2, -0.15) is 0 Å². The number of halogens is 3. The van der Waals surface area contributed by atoms with Crippen LogP contribution in [-0.2, 0) is 0 Å². The van der Waals surface area contributed by atoms with Crippen molar-refractivity contribution in [1.82, 2.24) is 0 Å². The zero-order chi connectivity index (χ0) is 12.6. The molecular formula is C12H7BrClFOS. The van der Waals surface area contributed by atoms with E-state index < -0.39 is 5.82 Å². The van der Waals surface area contributed by atoms with Crippen molar-refractivity contribution in [2.24, 2.45) is 0 Å². The molecule has 0 radical (unpaired) electrons. The lowest BCUT2D eigenvalue weighted by Crippen LogP contribution is -2.03. The first-order valence-electron chi connectivity index (χ1n) is 4.75. The minimum absolute atomic E-state index is 0.0791. The maximum atomic E-state index is 13.8. The summed E-state index contributed by atoms with van der Waals surface area (Å²) in [6.45, 7) is 1.63. The third-order valence-corrected chi connectivity index (χ3v) is 4.78. The van der Waals surface area contributed by atoms with E-state index in [1.807, 2.05) is 0 Å². The molecule has 1 aromatic carbocycles. The van der Waals surface area contributed by atoms with Crippen molar-refractivity contribution in [3.8, 4) is 0 Å². The third-order valence-electron chi connectivity index (χ3n) is 2.31. The molecule has 0 saturated heterocycles. The smallest absolute Gasteiger partial charge is 0.205 e. The van der Waals surface area contributed by atoms with E-state index in [2.05, 4.69) is 15.9 Å². The van der Waals surface area contributed by atoms with Gasteiger partial charge >= 0.3 is 0 Å². The van der Waals surface area contributed by atoms with E-state index in [0.29, 0.717) is 19.2 Å². The van der Waals surface area contributed by atoms with Gasteiger partial charge < -0.3 is 0 Å². The SMILES string of the molecule is Cc1cccc(C(=O)c2cc(Br)c(Cl)s2)c1F. The summed E-state index contributed by atoms with van der Waals surface area (Å²) in [5.74, 6) is -0.818. The predicted molar refractivity (Wildman–Crippen MR) is 71.6 cm³/mol. The van der Waals surface area contributed by atoms with Gasteiger partial charge in [0.05, 0.1) is 10.4 Å². The first-order valence-corrected chi connectivity index (χ1v) is 6.74. The van der Waals surface area contributed by atoms with Crippen molar-refractivity contribution < 1.29 is 9.18 Å². The first-order chi connectivity index (χ1) is 8.00. The molecule has 1 heterocycles. The Morgan fingerprint density at radius 2 is 2.18 bits per heavy atom.